The Morgan fingerprint density at radius 1 is 1.15 bits per heavy atom. The second-order valence-electron chi connectivity index (χ2n) is 4.00. The number of carbonyl (C=O) groups excluding carboxylic acids is 1. The van der Waals surface area contributed by atoms with Gasteiger partial charge in [-0.1, -0.05) is 13.1 Å². The van der Waals surface area contributed by atoms with Gasteiger partial charge < -0.3 is 19.6 Å². The molecule has 0 aliphatic rings. The van der Waals surface area contributed by atoms with E-state index in [2.05, 4.69) is 15.3 Å². The minimum atomic E-state index is -0.583. The van der Waals surface area contributed by atoms with Crippen LogP contribution in [0.15, 0.2) is 24.8 Å². The van der Waals surface area contributed by atoms with Crippen molar-refractivity contribution in [1.29, 1.82) is 0 Å². The molecule has 0 atom stereocenters. The molecule has 1 radical (unpaired) electrons. The fraction of sp³-hybridized carbons (Fsp3) is 0.417. The van der Waals surface area contributed by atoms with E-state index in [9.17, 15) is 0 Å². The van der Waals surface area contributed by atoms with Crippen LogP contribution >= 0.6 is 0 Å². The Morgan fingerprint density at radius 2 is 1.50 bits per heavy atom. The van der Waals surface area contributed by atoms with E-state index < -0.39 is 5.97 Å². The van der Waals surface area contributed by atoms with E-state index in [0.717, 1.165) is 11.6 Å². The average Bonchev–Trinajstić information content (AvgIpc) is 2.89. The van der Waals surface area contributed by atoms with Gasteiger partial charge in [0.25, 0.3) is 0 Å². The molecule has 7 nitrogen and oxygen atoms in total. The van der Waals surface area contributed by atoms with Gasteiger partial charge in [0.2, 0.25) is 0 Å². The average molecular weight is 329 g/mol. The van der Waals surface area contributed by atoms with Crippen molar-refractivity contribution in [2.75, 3.05) is 0 Å². The second-order valence-corrected chi connectivity index (χ2v) is 4.00. The van der Waals surface area contributed by atoms with Crippen molar-refractivity contribution in [2.24, 2.45) is 14.1 Å². The summed E-state index contributed by atoms with van der Waals surface area (Å²) in [5.41, 5.74) is 0. The first-order chi connectivity index (χ1) is 9.00. The molecule has 0 saturated heterocycles. The summed E-state index contributed by atoms with van der Waals surface area (Å²) >= 11 is 0. The summed E-state index contributed by atoms with van der Waals surface area (Å²) in [7, 11) is 3.94. The minimum absolute atomic E-state index is 0. The van der Waals surface area contributed by atoms with E-state index in [4.69, 9.17) is 9.90 Å². The molecule has 113 valence electrons. The molecule has 0 saturated carbocycles. The first kappa shape index (κ1) is 18.4. The number of aryl methyl sites for hydroxylation is 2. The maximum atomic E-state index is 9.11. The van der Waals surface area contributed by atoms with E-state index >= 15 is 0 Å². The SMILES string of the molecule is CC(=O)[OH2+].Cn1ccnc1C[N-]Cc1nccn1C.[Cu+2]. The summed E-state index contributed by atoms with van der Waals surface area (Å²) in [5.74, 6) is 1.37. The van der Waals surface area contributed by atoms with Crippen molar-refractivity contribution < 1.29 is 27.0 Å². The van der Waals surface area contributed by atoms with Gasteiger partial charge in [-0.05, 0) is 0 Å². The third-order valence-corrected chi connectivity index (χ3v) is 2.35. The van der Waals surface area contributed by atoms with Crippen LogP contribution in [0.3, 0.4) is 0 Å². The third-order valence-electron chi connectivity index (χ3n) is 2.35. The Labute approximate surface area is 128 Å². The fourth-order valence-corrected chi connectivity index (χ4v) is 1.35. The van der Waals surface area contributed by atoms with Crippen molar-refractivity contribution in [3.05, 3.63) is 41.8 Å². The van der Waals surface area contributed by atoms with Crippen LogP contribution in [0.1, 0.15) is 18.6 Å². The van der Waals surface area contributed by atoms with E-state index in [1.165, 1.54) is 6.92 Å². The Morgan fingerprint density at radius 3 is 1.75 bits per heavy atom. The fourth-order valence-electron chi connectivity index (χ4n) is 1.35. The van der Waals surface area contributed by atoms with E-state index in [1.807, 2.05) is 35.6 Å². The smallest absolute Gasteiger partial charge is 0.650 e. The zero-order chi connectivity index (χ0) is 14.3. The zero-order valence-electron chi connectivity index (χ0n) is 11.7. The van der Waals surface area contributed by atoms with Gasteiger partial charge in [0.15, 0.2) is 0 Å². The number of hydrogen-bond donors (Lipinski definition) is 0. The molecule has 2 rings (SSSR count). The van der Waals surface area contributed by atoms with Crippen LogP contribution in [0, 0.1) is 0 Å². The second kappa shape index (κ2) is 9.30. The molecule has 0 fully saturated rings. The monoisotopic (exact) mass is 328 g/mol. The molecule has 0 amide bonds. The summed E-state index contributed by atoms with van der Waals surface area (Å²) in [6.07, 6.45) is 7.41. The van der Waals surface area contributed by atoms with Crippen LogP contribution in [0.4, 0.5) is 0 Å². The molecule has 0 aliphatic heterocycles. The molecule has 0 aromatic carbocycles. The van der Waals surface area contributed by atoms with Gasteiger partial charge in [0, 0.05) is 43.7 Å². The zero-order valence-corrected chi connectivity index (χ0v) is 12.6. The maximum absolute atomic E-state index is 9.11. The number of carbonyl (C=O) groups is 1. The Hall–Kier alpha value is -1.63. The van der Waals surface area contributed by atoms with Gasteiger partial charge in [0.05, 0.1) is 18.6 Å². The van der Waals surface area contributed by atoms with Gasteiger partial charge in [0.1, 0.15) is 0 Å². The van der Waals surface area contributed by atoms with E-state index in [1.54, 1.807) is 12.4 Å². The standard InChI is InChI=1S/C10H14N5.C2H4O2.Cu/c1-14-5-3-12-9(14)7-11-8-10-13-4-6-15(10)2;1-2(3)4;/h3-6H,7-8H2,1-2H3;1H3,(H,3,4);/q-1;;+2/p+1. The van der Waals surface area contributed by atoms with Gasteiger partial charge in [-0.2, -0.15) is 0 Å². The predicted molar refractivity (Wildman–Crippen MR) is 71.5 cm³/mol. The van der Waals surface area contributed by atoms with Gasteiger partial charge in [-0.15, -0.1) is 0 Å². The molecule has 2 aromatic rings. The van der Waals surface area contributed by atoms with Crippen molar-refractivity contribution in [2.45, 2.75) is 20.0 Å². The number of imidazole rings is 2. The number of rotatable bonds is 4. The quantitative estimate of drug-likeness (QED) is 0.604. The summed E-state index contributed by atoms with van der Waals surface area (Å²) in [5, 5.41) is 10.4. The molecular weight excluding hydrogens is 310 g/mol. The summed E-state index contributed by atoms with van der Waals surface area (Å²) in [4.78, 5) is 17.5. The van der Waals surface area contributed by atoms with Gasteiger partial charge >= 0.3 is 23.0 Å². The van der Waals surface area contributed by atoms with Crippen LogP contribution in [0.5, 0.6) is 0 Å². The van der Waals surface area contributed by atoms with Crippen LogP contribution in [-0.2, 0) is 49.0 Å². The Balaban J connectivity index is 0.000000644. The van der Waals surface area contributed by atoms with Crippen LogP contribution in [0.2, 0.25) is 0 Å². The summed E-state index contributed by atoms with van der Waals surface area (Å²) in [6, 6.07) is 0. The molecule has 2 heterocycles. The van der Waals surface area contributed by atoms with Crippen molar-refractivity contribution in [1.82, 2.24) is 19.1 Å². The van der Waals surface area contributed by atoms with Crippen molar-refractivity contribution in [3.63, 3.8) is 0 Å². The topological polar surface area (TPSA) is 89.7 Å². The van der Waals surface area contributed by atoms with Crippen molar-refractivity contribution >= 4 is 5.97 Å². The van der Waals surface area contributed by atoms with E-state index in [0.29, 0.717) is 13.1 Å². The van der Waals surface area contributed by atoms with E-state index in [-0.39, 0.29) is 17.1 Å². The number of aromatic nitrogens is 4. The first-order valence-corrected chi connectivity index (χ1v) is 5.78. The molecule has 8 heteroatoms. The van der Waals surface area contributed by atoms with Crippen LogP contribution in [0.25, 0.3) is 5.32 Å². The molecule has 0 unspecified atom stereocenters. The molecule has 0 aliphatic carbocycles. The Bertz CT molecular complexity index is 479. The molecule has 0 spiro atoms. The molecule has 2 aromatic heterocycles. The van der Waals surface area contributed by atoms with Crippen LogP contribution in [-0.4, -0.2) is 30.2 Å². The predicted octanol–water partition coefficient (Wildman–Crippen LogP) is 0.482. The van der Waals surface area contributed by atoms with Gasteiger partial charge in [-0.25, -0.2) is 9.97 Å². The summed E-state index contributed by atoms with van der Waals surface area (Å²) in [6.45, 7) is 2.47. The minimum Gasteiger partial charge on any atom is -0.650 e. The molecule has 0 bridgehead atoms. The molecule has 20 heavy (non-hydrogen) atoms. The molecule has 2 N–H and O–H groups in total. The number of nitrogens with zero attached hydrogens (tertiary/aromatic N) is 5. The maximum Gasteiger partial charge on any atom is 2.00 e. The largest absolute Gasteiger partial charge is 2.00 e. The first-order valence-electron chi connectivity index (χ1n) is 5.78. The van der Waals surface area contributed by atoms with Gasteiger partial charge in [-0.3, -0.25) is 0 Å². The van der Waals surface area contributed by atoms with Crippen molar-refractivity contribution in [3.8, 4) is 0 Å². The molecular formula is C12H19CuN5O2+2. The summed E-state index contributed by atoms with van der Waals surface area (Å²) < 4.78 is 3.95. The Kier molecular flexibility index (Phi) is 8.54. The normalized spacial score (nSPS) is 9.35. The third kappa shape index (κ3) is 6.51. The van der Waals surface area contributed by atoms with Crippen LogP contribution < -0.4 is 0 Å². The number of hydrogen-bond acceptors (Lipinski definition) is 3.